The van der Waals surface area contributed by atoms with Gasteiger partial charge in [-0.15, -0.1) is 0 Å². The molecule has 0 bridgehead atoms. The molecule has 1 aromatic rings. The predicted molar refractivity (Wildman–Crippen MR) is 56.4 cm³/mol. The molecule has 0 radical (unpaired) electrons. The molecule has 15 heavy (non-hydrogen) atoms. The molecule has 82 valence electrons. The summed E-state index contributed by atoms with van der Waals surface area (Å²) >= 11 is 1.14. The van der Waals surface area contributed by atoms with Gasteiger partial charge >= 0.3 is 0 Å². The third-order valence-electron chi connectivity index (χ3n) is 1.84. The van der Waals surface area contributed by atoms with E-state index in [0.717, 1.165) is 23.1 Å². The zero-order valence-electron chi connectivity index (χ0n) is 8.98. The summed E-state index contributed by atoms with van der Waals surface area (Å²) in [5.41, 5.74) is 1.69. The monoisotopic (exact) mass is 225 g/mol. The van der Waals surface area contributed by atoms with Gasteiger partial charge in [-0.3, -0.25) is 0 Å². The number of thioether (sulfide) groups is 1. The van der Waals surface area contributed by atoms with Crippen molar-refractivity contribution in [2.24, 2.45) is 0 Å². The van der Waals surface area contributed by atoms with Crippen LogP contribution in [0.4, 0.5) is 0 Å². The number of aliphatic carboxylic acids is 1. The van der Waals surface area contributed by atoms with Gasteiger partial charge in [-0.25, -0.2) is 9.97 Å². The second kappa shape index (κ2) is 5.11. The van der Waals surface area contributed by atoms with Crippen molar-refractivity contribution in [1.82, 2.24) is 9.97 Å². The van der Waals surface area contributed by atoms with Gasteiger partial charge in [0, 0.05) is 11.4 Å². The zero-order chi connectivity index (χ0) is 11.4. The predicted octanol–water partition coefficient (Wildman–Crippen LogP) is 0.714. The third-order valence-corrected chi connectivity index (χ3v) is 3.05. The van der Waals surface area contributed by atoms with Gasteiger partial charge < -0.3 is 9.90 Å². The molecule has 5 heteroatoms. The Bertz CT molecular complexity index is 348. The molecule has 0 N–H and O–H groups in total. The molecule has 4 nitrogen and oxygen atoms in total. The summed E-state index contributed by atoms with van der Waals surface area (Å²) in [5.74, 6) is -1.06. The largest absolute Gasteiger partial charge is 0.549 e. The van der Waals surface area contributed by atoms with E-state index < -0.39 is 11.2 Å². The number of carboxylic acid groups (broad SMARTS) is 1. The SMILES string of the molecule is CC[C@H](Sc1nc(C)cc(C)n1)C(=O)[O-]. The first-order valence-electron chi connectivity index (χ1n) is 4.72. The minimum absolute atomic E-state index is 0.503. The Hall–Kier alpha value is -1.10. The highest BCUT2D eigenvalue weighted by molar-refractivity contribution is 8.00. The number of rotatable bonds is 4. The number of aromatic nitrogens is 2. The summed E-state index contributed by atoms with van der Waals surface area (Å²) in [5, 5.41) is 10.6. The molecular formula is C10H13N2O2S-. The van der Waals surface area contributed by atoms with Crippen LogP contribution in [0.1, 0.15) is 24.7 Å². The number of carbonyl (C=O) groups excluding carboxylic acids is 1. The van der Waals surface area contributed by atoms with Crippen LogP contribution in [0, 0.1) is 13.8 Å². The number of carbonyl (C=O) groups is 1. The van der Waals surface area contributed by atoms with Crippen LogP contribution in [0.5, 0.6) is 0 Å². The van der Waals surface area contributed by atoms with Crippen LogP contribution in [-0.4, -0.2) is 21.2 Å². The minimum atomic E-state index is -1.06. The van der Waals surface area contributed by atoms with E-state index in [-0.39, 0.29) is 0 Å². The third kappa shape index (κ3) is 3.51. The molecule has 0 aliphatic carbocycles. The Morgan fingerprint density at radius 3 is 2.40 bits per heavy atom. The van der Waals surface area contributed by atoms with Crippen LogP contribution < -0.4 is 5.11 Å². The van der Waals surface area contributed by atoms with Gasteiger partial charge in [0.05, 0.1) is 11.2 Å². The minimum Gasteiger partial charge on any atom is -0.549 e. The molecule has 1 atom stereocenters. The molecule has 1 heterocycles. The molecule has 0 aliphatic rings. The molecule has 0 aliphatic heterocycles. The lowest BCUT2D eigenvalue weighted by Gasteiger charge is -2.14. The Kier molecular flexibility index (Phi) is 4.08. The lowest BCUT2D eigenvalue weighted by Crippen LogP contribution is -2.33. The summed E-state index contributed by atoms with van der Waals surface area (Å²) in [6.45, 7) is 5.52. The van der Waals surface area contributed by atoms with Crippen LogP contribution in [-0.2, 0) is 4.79 Å². The Morgan fingerprint density at radius 1 is 1.47 bits per heavy atom. The molecule has 0 saturated heterocycles. The van der Waals surface area contributed by atoms with Gasteiger partial charge in [0.25, 0.3) is 0 Å². The average Bonchev–Trinajstić information content (AvgIpc) is 2.12. The van der Waals surface area contributed by atoms with Gasteiger partial charge in [-0.2, -0.15) is 0 Å². The van der Waals surface area contributed by atoms with Crippen molar-refractivity contribution in [3.63, 3.8) is 0 Å². The Labute approximate surface area is 93.1 Å². The maximum atomic E-state index is 10.7. The maximum Gasteiger partial charge on any atom is 0.188 e. The first-order chi connectivity index (χ1) is 7.02. The standard InChI is InChI=1S/C10H14N2O2S/c1-4-8(9(13)14)15-10-11-6(2)5-7(3)12-10/h5,8H,4H2,1-3H3,(H,13,14)/p-1/t8-/m0/s1. The quantitative estimate of drug-likeness (QED) is 0.558. The van der Waals surface area contributed by atoms with Crippen molar-refractivity contribution in [3.8, 4) is 0 Å². The highest BCUT2D eigenvalue weighted by Gasteiger charge is 2.11. The van der Waals surface area contributed by atoms with Crippen molar-refractivity contribution in [3.05, 3.63) is 17.5 Å². The van der Waals surface area contributed by atoms with Crippen molar-refractivity contribution >= 4 is 17.7 Å². The molecule has 0 unspecified atom stereocenters. The van der Waals surface area contributed by atoms with E-state index in [9.17, 15) is 9.90 Å². The van der Waals surface area contributed by atoms with Crippen LogP contribution in [0.15, 0.2) is 11.2 Å². The number of hydrogen-bond donors (Lipinski definition) is 0. The second-order valence-electron chi connectivity index (χ2n) is 3.27. The molecule has 1 rings (SSSR count). The van der Waals surface area contributed by atoms with Crippen molar-refractivity contribution in [2.75, 3.05) is 0 Å². The van der Waals surface area contributed by atoms with Gasteiger partial charge in [0.1, 0.15) is 0 Å². The lowest BCUT2D eigenvalue weighted by molar-refractivity contribution is -0.304. The Morgan fingerprint density at radius 2 is 2.00 bits per heavy atom. The highest BCUT2D eigenvalue weighted by atomic mass is 32.2. The van der Waals surface area contributed by atoms with Gasteiger partial charge in [-0.05, 0) is 26.3 Å². The summed E-state index contributed by atoms with van der Waals surface area (Å²) in [6, 6.07) is 1.85. The smallest absolute Gasteiger partial charge is 0.188 e. The number of hydrogen-bond acceptors (Lipinski definition) is 5. The lowest BCUT2D eigenvalue weighted by atomic mass is 10.3. The first-order valence-corrected chi connectivity index (χ1v) is 5.60. The van der Waals surface area contributed by atoms with E-state index in [2.05, 4.69) is 9.97 Å². The second-order valence-corrected chi connectivity index (χ2v) is 4.44. The van der Waals surface area contributed by atoms with Gasteiger partial charge in [-0.1, -0.05) is 18.7 Å². The van der Waals surface area contributed by atoms with E-state index >= 15 is 0 Å². The fraction of sp³-hybridized carbons (Fsp3) is 0.500. The molecule has 0 saturated carbocycles. The van der Waals surface area contributed by atoms with Gasteiger partial charge in [0.15, 0.2) is 5.16 Å². The molecular weight excluding hydrogens is 212 g/mol. The summed E-state index contributed by atoms with van der Waals surface area (Å²) in [4.78, 5) is 19.0. The van der Waals surface area contributed by atoms with Crippen LogP contribution in [0.2, 0.25) is 0 Å². The van der Waals surface area contributed by atoms with Gasteiger partial charge in [0.2, 0.25) is 0 Å². The number of carboxylic acids is 1. The molecule has 0 fully saturated rings. The number of aryl methyl sites for hydroxylation is 2. The maximum absolute atomic E-state index is 10.7. The topological polar surface area (TPSA) is 65.9 Å². The molecule has 0 spiro atoms. The van der Waals surface area contributed by atoms with Crippen LogP contribution in [0.3, 0.4) is 0 Å². The average molecular weight is 225 g/mol. The van der Waals surface area contributed by atoms with E-state index in [0.29, 0.717) is 11.6 Å². The summed E-state index contributed by atoms with van der Waals surface area (Å²) in [7, 11) is 0. The van der Waals surface area contributed by atoms with Crippen molar-refractivity contribution in [2.45, 2.75) is 37.6 Å². The zero-order valence-corrected chi connectivity index (χ0v) is 9.80. The fourth-order valence-electron chi connectivity index (χ4n) is 1.17. The molecule has 0 aromatic carbocycles. The summed E-state index contributed by atoms with van der Waals surface area (Å²) in [6.07, 6.45) is 0.503. The fourth-order valence-corrected chi connectivity index (χ4v) is 2.08. The number of nitrogens with zero attached hydrogens (tertiary/aromatic N) is 2. The first kappa shape index (κ1) is 12.0. The van der Waals surface area contributed by atoms with E-state index in [1.165, 1.54) is 0 Å². The van der Waals surface area contributed by atoms with E-state index in [4.69, 9.17) is 0 Å². The van der Waals surface area contributed by atoms with Crippen molar-refractivity contribution < 1.29 is 9.90 Å². The normalized spacial score (nSPS) is 12.5. The van der Waals surface area contributed by atoms with Crippen LogP contribution in [0.25, 0.3) is 0 Å². The summed E-state index contributed by atoms with van der Waals surface area (Å²) < 4.78 is 0. The van der Waals surface area contributed by atoms with E-state index in [1.54, 1.807) is 6.92 Å². The van der Waals surface area contributed by atoms with Crippen LogP contribution >= 0.6 is 11.8 Å². The molecule has 1 aromatic heterocycles. The molecule has 0 amide bonds. The van der Waals surface area contributed by atoms with E-state index in [1.807, 2.05) is 19.9 Å². The van der Waals surface area contributed by atoms with Crippen molar-refractivity contribution in [1.29, 1.82) is 0 Å². The highest BCUT2D eigenvalue weighted by Crippen LogP contribution is 2.21. The Balaban J connectivity index is 2.83.